The highest BCUT2D eigenvalue weighted by Gasteiger charge is 2.37. The van der Waals surface area contributed by atoms with E-state index < -0.39 is 24.7 Å². The lowest BCUT2D eigenvalue weighted by Crippen LogP contribution is -2.13. The summed E-state index contributed by atoms with van der Waals surface area (Å²) < 4.78 is 41.7. The van der Waals surface area contributed by atoms with Crippen molar-refractivity contribution in [3.63, 3.8) is 0 Å². The van der Waals surface area contributed by atoms with Crippen LogP contribution in [0.5, 0.6) is 0 Å². The Bertz CT molecular complexity index is 459. The van der Waals surface area contributed by atoms with E-state index in [1.165, 1.54) is 6.20 Å². The minimum Gasteiger partial charge on any atom is -0.477 e. The molecule has 1 aromatic rings. The van der Waals surface area contributed by atoms with Gasteiger partial charge in [0.25, 0.3) is 0 Å². The van der Waals surface area contributed by atoms with Crippen LogP contribution in [0.15, 0.2) is 12.3 Å². The lowest BCUT2D eigenvalue weighted by Gasteiger charge is -2.13. The van der Waals surface area contributed by atoms with Crippen LogP contribution in [0.4, 0.5) is 13.2 Å². The number of alkyl halides is 3. The smallest absolute Gasteiger partial charge is 0.391 e. The number of halogens is 3. The summed E-state index contributed by atoms with van der Waals surface area (Å²) in [6.45, 7) is 0.0307. The summed E-state index contributed by atoms with van der Waals surface area (Å²) in [5.74, 6) is -1.27. The fourth-order valence-electron chi connectivity index (χ4n) is 1.70. The average molecular weight is 247 g/mol. The van der Waals surface area contributed by atoms with Gasteiger partial charge in [-0.1, -0.05) is 0 Å². The molecular formula is C10H8F3NO3. The van der Waals surface area contributed by atoms with Crippen molar-refractivity contribution in [3.05, 3.63) is 29.1 Å². The van der Waals surface area contributed by atoms with E-state index in [0.717, 1.165) is 6.07 Å². The molecule has 17 heavy (non-hydrogen) atoms. The van der Waals surface area contributed by atoms with Gasteiger partial charge in [0.1, 0.15) is 5.69 Å². The topological polar surface area (TPSA) is 59.4 Å². The molecule has 1 N–H and O–H groups in total. The number of rotatable bonds is 2. The van der Waals surface area contributed by atoms with Gasteiger partial charge in [-0.05, 0) is 11.6 Å². The van der Waals surface area contributed by atoms with Crippen LogP contribution in [-0.2, 0) is 11.3 Å². The third-order valence-corrected chi connectivity index (χ3v) is 2.45. The first kappa shape index (κ1) is 11.8. The second-order valence-electron chi connectivity index (χ2n) is 3.69. The van der Waals surface area contributed by atoms with Gasteiger partial charge < -0.3 is 9.84 Å². The molecule has 0 saturated heterocycles. The van der Waals surface area contributed by atoms with Crippen molar-refractivity contribution in [3.8, 4) is 0 Å². The van der Waals surface area contributed by atoms with Gasteiger partial charge in [0.15, 0.2) is 0 Å². The van der Waals surface area contributed by atoms with E-state index in [4.69, 9.17) is 9.84 Å². The molecule has 0 aromatic carbocycles. The lowest BCUT2D eigenvalue weighted by atomic mass is 10.0. The van der Waals surface area contributed by atoms with Gasteiger partial charge in [-0.15, -0.1) is 0 Å². The van der Waals surface area contributed by atoms with Crippen LogP contribution in [0.1, 0.15) is 34.1 Å². The highest BCUT2D eigenvalue weighted by atomic mass is 19.4. The Morgan fingerprint density at radius 1 is 1.59 bits per heavy atom. The van der Waals surface area contributed by atoms with E-state index in [1.807, 2.05) is 0 Å². The van der Waals surface area contributed by atoms with E-state index in [1.54, 1.807) is 0 Å². The second kappa shape index (κ2) is 3.99. The minimum atomic E-state index is -4.35. The number of hydrogen-bond donors (Lipinski definition) is 1. The van der Waals surface area contributed by atoms with Gasteiger partial charge in [0.05, 0.1) is 19.1 Å². The molecule has 2 heterocycles. The maximum Gasteiger partial charge on any atom is 0.391 e. The zero-order chi connectivity index (χ0) is 12.6. The van der Waals surface area contributed by atoms with Gasteiger partial charge in [-0.3, -0.25) is 0 Å². The Labute approximate surface area is 94.0 Å². The van der Waals surface area contributed by atoms with Gasteiger partial charge in [-0.25, -0.2) is 9.78 Å². The van der Waals surface area contributed by atoms with Crippen LogP contribution in [0.2, 0.25) is 0 Å². The summed E-state index contributed by atoms with van der Waals surface area (Å²) in [4.78, 5) is 14.3. The first-order chi connectivity index (χ1) is 7.87. The fraction of sp³-hybridized carbons (Fsp3) is 0.400. The molecule has 0 bridgehead atoms. The number of aromatic nitrogens is 1. The third kappa shape index (κ3) is 2.55. The van der Waals surface area contributed by atoms with Crippen molar-refractivity contribution >= 4 is 5.97 Å². The molecule has 1 unspecified atom stereocenters. The molecule has 0 fully saturated rings. The summed E-state index contributed by atoms with van der Waals surface area (Å²) in [5, 5.41) is 8.71. The van der Waals surface area contributed by atoms with Crippen LogP contribution in [-0.4, -0.2) is 22.2 Å². The van der Waals surface area contributed by atoms with Crippen LogP contribution < -0.4 is 0 Å². The maximum absolute atomic E-state index is 12.2. The molecule has 0 radical (unpaired) electrons. The number of nitrogens with zero attached hydrogens (tertiary/aromatic N) is 1. The summed E-state index contributed by atoms with van der Waals surface area (Å²) >= 11 is 0. The molecule has 1 aromatic heterocycles. The summed E-state index contributed by atoms with van der Waals surface area (Å²) in [6.07, 6.45) is -5.36. The number of fused-ring (bicyclic) bond motifs is 1. The van der Waals surface area contributed by atoms with Crippen LogP contribution in [0, 0.1) is 0 Å². The minimum absolute atomic E-state index is 0.0307. The van der Waals surface area contributed by atoms with Crippen molar-refractivity contribution < 1.29 is 27.8 Å². The Morgan fingerprint density at radius 3 is 2.88 bits per heavy atom. The molecule has 0 aliphatic carbocycles. The Morgan fingerprint density at radius 2 is 2.29 bits per heavy atom. The molecule has 4 nitrogen and oxygen atoms in total. The highest BCUT2D eigenvalue weighted by Crippen LogP contribution is 2.38. The normalized spacial score (nSPS) is 19.1. The van der Waals surface area contributed by atoms with E-state index in [9.17, 15) is 18.0 Å². The van der Waals surface area contributed by atoms with Gasteiger partial charge in [0, 0.05) is 11.8 Å². The van der Waals surface area contributed by atoms with Crippen molar-refractivity contribution in [1.82, 2.24) is 4.98 Å². The first-order valence-electron chi connectivity index (χ1n) is 4.77. The highest BCUT2D eigenvalue weighted by molar-refractivity contribution is 5.85. The van der Waals surface area contributed by atoms with Gasteiger partial charge >= 0.3 is 12.1 Å². The SMILES string of the molecule is O=C(O)c1cc2c(cn1)COC2CC(F)(F)F. The second-order valence-corrected chi connectivity index (χ2v) is 3.69. The molecule has 1 aliphatic heterocycles. The van der Waals surface area contributed by atoms with E-state index >= 15 is 0 Å². The lowest BCUT2D eigenvalue weighted by molar-refractivity contribution is -0.160. The summed E-state index contributed by atoms with van der Waals surface area (Å²) in [6, 6.07) is 1.14. The number of aromatic carboxylic acids is 1. The molecule has 0 spiro atoms. The maximum atomic E-state index is 12.2. The number of carboxylic acid groups (broad SMARTS) is 1. The number of ether oxygens (including phenoxy) is 1. The zero-order valence-electron chi connectivity index (χ0n) is 8.49. The molecule has 0 amide bonds. The average Bonchev–Trinajstić information content (AvgIpc) is 2.58. The third-order valence-electron chi connectivity index (χ3n) is 2.45. The molecule has 2 rings (SSSR count). The van der Waals surface area contributed by atoms with Crippen LogP contribution in [0.25, 0.3) is 0 Å². The summed E-state index contributed by atoms with van der Waals surface area (Å²) in [5.41, 5.74) is 0.486. The molecule has 1 aliphatic rings. The number of pyridine rings is 1. The van der Waals surface area contributed by atoms with Crippen molar-refractivity contribution in [2.75, 3.05) is 0 Å². The number of carboxylic acids is 1. The monoisotopic (exact) mass is 247 g/mol. The molecule has 1 atom stereocenters. The quantitative estimate of drug-likeness (QED) is 0.871. The molecule has 92 valence electrons. The van der Waals surface area contributed by atoms with Crippen molar-refractivity contribution in [2.45, 2.75) is 25.3 Å². The standard InChI is InChI=1S/C10H8F3NO3/c11-10(12,13)2-8-6-1-7(9(15)16)14-3-5(6)4-17-8/h1,3,8H,2,4H2,(H,15,16). The zero-order valence-corrected chi connectivity index (χ0v) is 8.49. The van der Waals surface area contributed by atoms with Gasteiger partial charge in [-0.2, -0.15) is 13.2 Å². The predicted octanol–water partition coefficient (Wildman–Crippen LogP) is 2.30. The largest absolute Gasteiger partial charge is 0.477 e. The van der Waals surface area contributed by atoms with E-state index in [0.29, 0.717) is 5.56 Å². The number of hydrogen-bond acceptors (Lipinski definition) is 3. The van der Waals surface area contributed by atoms with Crippen LogP contribution >= 0.6 is 0 Å². The Balaban J connectivity index is 2.29. The van der Waals surface area contributed by atoms with Crippen molar-refractivity contribution in [1.29, 1.82) is 0 Å². The first-order valence-corrected chi connectivity index (χ1v) is 4.77. The molecule has 0 saturated carbocycles. The van der Waals surface area contributed by atoms with Crippen LogP contribution in [0.3, 0.4) is 0 Å². The Hall–Kier alpha value is -1.63. The number of carbonyl (C=O) groups is 1. The summed E-state index contributed by atoms with van der Waals surface area (Å²) in [7, 11) is 0. The molecular weight excluding hydrogens is 239 g/mol. The molecule has 7 heteroatoms. The predicted molar refractivity (Wildman–Crippen MR) is 49.4 cm³/mol. The van der Waals surface area contributed by atoms with Crippen molar-refractivity contribution in [2.24, 2.45) is 0 Å². The van der Waals surface area contributed by atoms with E-state index in [-0.39, 0.29) is 17.9 Å². The van der Waals surface area contributed by atoms with E-state index in [2.05, 4.69) is 4.98 Å². The van der Waals surface area contributed by atoms with Gasteiger partial charge in [0.2, 0.25) is 0 Å². The Kier molecular flexibility index (Phi) is 2.78. The fourth-order valence-corrected chi connectivity index (χ4v) is 1.70.